The fraction of sp³-hybridized carbons (Fsp3) is 0.167. The first-order valence-electron chi connectivity index (χ1n) is 5.16. The van der Waals surface area contributed by atoms with Crippen LogP contribution in [0.2, 0.25) is 0 Å². The molecule has 0 saturated carbocycles. The molecular formula is C12H9BrFN3O. The van der Waals surface area contributed by atoms with Crippen molar-refractivity contribution in [2.24, 2.45) is 0 Å². The predicted molar refractivity (Wildman–Crippen MR) is 67.4 cm³/mol. The van der Waals surface area contributed by atoms with Crippen LogP contribution < -0.4 is 5.32 Å². The summed E-state index contributed by atoms with van der Waals surface area (Å²) in [6.07, 6.45) is 0. The molecule has 0 unspecified atom stereocenters. The first-order valence-corrected chi connectivity index (χ1v) is 5.95. The summed E-state index contributed by atoms with van der Waals surface area (Å²) < 4.78 is 19.0. The lowest BCUT2D eigenvalue weighted by Crippen LogP contribution is -2.01. The van der Waals surface area contributed by atoms with Crippen molar-refractivity contribution in [2.75, 3.05) is 5.32 Å². The monoisotopic (exact) mass is 309 g/mol. The summed E-state index contributed by atoms with van der Waals surface area (Å²) in [5.74, 6) is 0.123. The first kappa shape index (κ1) is 12.6. The molecule has 2 rings (SSSR count). The van der Waals surface area contributed by atoms with E-state index in [1.807, 2.05) is 13.0 Å². The second-order valence-corrected chi connectivity index (χ2v) is 4.48. The second-order valence-electron chi connectivity index (χ2n) is 3.69. The van der Waals surface area contributed by atoms with Crippen molar-refractivity contribution < 1.29 is 8.91 Å². The highest BCUT2D eigenvalue weighted by atomic mass is 79.9. The van der Waals surface area contributed by atoms with E-state index < -0.39 is 5.82 Å². The Hall–Kier alpha value is -1.87. The number of anilines is 1. The third kappa shape index (κ3) is 2.51. The van der Waals surface area contributed by atoms with Crippen LogP contribution in [0.3, 0.4) is 0 Å². The molecule has 0 aliphatic heterocycles. The van der Waals surface area contributed by atoms with Crippen LogP contribution in [-0.2, 0) is 6.54 Å². The summed E-state index contributed by atoms with van der Waals surface area (Å²) in [7, 11) is 0. The van der Waals surface area contributed by atoms with Gasteiger partial charge in [0.15, 0.2) is 11.6 Å². The molecule has 2 aromatic rings. The SMILES string of the molecule is Cc1cc(CNc2ccc(C#N)c(Br)c2F)on1. The van der Waals surface area contributed by atoms with Gasteiger partial charge in [-0.25, -0.2) is 4.39 Å². The summed E-state index contributed by atoms with van der Waals surface area (Å²) in [4.78, 5) is 0. The lowest BCUT2D eigenvalue weighted by molar-refractivity contribution is 0.384. The van der Waals surface area contributed by atoms with E-state index in [9.17, 15) is 4.39 Å². The molecule has 1 aromatic heterocycles. The number of nitrogens with zero attached hydrogens (tertiary/aromatic N) is 2. The van der Waals surface area contributed by atoms with Gasteiger partial charge in [0.05, 0.1) is 28.0 Å². The van der Waals surface area contributed by atoms with Crippen LogP contribution in [-0.4, -0.2) is 5.16 Å². The Morgan fingerprint density at radius 1 is 1.56 bits per heavy atom. The summed E-state index contributed by atoms with van der Waals surface area (Å²) in [6, 6.07) is 6.72. The van der Waals surface area contributed by atoms with Gasteiger partial charge in [-0.15, -0.1) is 0 Å². The van der Waals surface area contributed by atoms with Crippen LogP contribution >= 0.6 is 15.9 Å². The van der Waals surface area contributed by atoms with E-state index in [4.69, 9.17) is 9.78 Å². The number of aromatic nitrogens is 1. The first-order chi connectivity index (χ1) is 8.61. The van der Waals surface area contributed by atoms with E-state index in [0.717, 1.165) is 5.69 Å². The fourth-order valence-corrected chi connectivity index (χ4v) is 1.89. The van der Waals surface area contributed by atoms with Crippen LogP contribution in [0.4, 0.5) is 10.1 Å². The zero-order valence-corrected chi connectivity index (χ0v) is 11.1. The Morgan fingerprint density at radius 2 is 2.33 bits per heavy atom. The molecule has 6 heteroatoms. The van der Waals surface area contributed by atoms with Crippen molar-refractivity contribution in [3.8, 4) is 6.07 Å². The number of rotatable bonds is 3. The van der Waals surface area contributed by atoms with Crippen LogP contribution in [0.1, 0.15) is 17.0 Å². The molecule has 0 aliphatic rings. The number of nitrogens with one attached hydrogen (secondary N) is 1. The summed E-state index contributed by atoms with van der Waals surface area (Å²) in [5, 5.41) is 15.4. The highest BCUT2D eigenvalue weighted by molar-refractivity contribution is 9.10. The maximum absolute atomic E-state index is 13.9. The lowest BCUT2D eigenvalue weighted by atomic mass is 10.2. The van der Waals surface area contributed by atoms with Gasteiger partial charge in [-0.3, -0.25) is 0 Å². The molecular weight excluding hydrogens is 301 g/mol. The van der Waals surface area contributed by atoms with Crippen molar-refractivity contribution in [3.63, 3.8) is 0 Å². The maximum Gasteiger partial charge on any atom is 0.161 e. The molecule has 1 N–H and O–H groups in total. The van der Waals surface area contributed by atoms with Gasteiger partial charge in [-0.05, 0) is 35.0 Å². The summed E-state index contributed by atoms with van der Waals surface area (Å²) in [6.45, 7) is 2.14. The molecule has 0 spiro atoms. The molecule has 0 fully saturated rings. The van der Waals surface area contributed by atoms with Crippen LogP contribution in [0, 0.1) is 24.1 Å². The Labute approximate surface area is 112 Å². The van der Waals surface area contributed by atoms with Crippen LogP contribution in [0.5, 0.6) is 0 Å². The van der Waals surface area contributed by atoms with Crippen LogP contribution in [0.15, 0.2) is 27.2 Å². The van der Waals surface area contributed by atoms with Crippen LogP contribution in [0.25, 0.3) is 0 Å². The van der Waals surface area contributed by atoms with Crippen molar-refractivity contribution in [2.45, 2.75) is 13.5 Å². The Kier molecular flexibility index (Phi) is 3.63. The molecule has 18 heavy (non-hydrogen) atoms. The maximum atomic E-state index is 13.9. The molecule has 1 heterocycles. The Morgan fingerprint density at radius 3 is 2.94 bits per heavy atom. The third-order valence-corrected chi connectivity index (χ3v) is 3.11. The molecule has 1 aromatic carbocycles. The zero-order valence-electron chi connectivity index (χ0n) is 9.50. The number of benzene rings is 1. The molecule has 0 amide bonds. The molecule has 0 atom stereocenters. The van der Waals surface area contributed by atoms with E-state index in [2.05, 4.69) is 26.4 Å². The molecule has 0 bridgehead atoms. The van der Waals surface area contributed by atoms with Gasteiger partial charge in [0.25, 0.3) is 0 Å². The molecule has 0 saturated heterocycles. The largest absolute Gasteiger partial charge is 0.375 e. The molecule has 92 valence electrons. The Bertz CT molecular complexity index is 618. The highest BCUT2D eigenvalue weighted by Gasteiger charge is 2.11. The third-order valence-electron chi connectivity index (χ3n) is 2.33. The second kappa shape index (κ2) is 5.19. The number of aryl methyl sites for hydroxylation is 1. The summed E-state index contributed by atoms with van der Waals surface area (Å²) in [5.41, 5.74) is 1.33. The standard InChI is InChI=1S/C12H9BrFN3O/c1-7-4-9(18-17-7)6-16-10-3-2-8(5-15)11(13)12(10)14/h2-4,16H,6H2,1H3. The number of hydrogen-bond donors (Lipinski definition) is 1. The van der Waals surface area contributed by atoms with Crippen molar-refractivity contribution in [1.82, 2.24) is 5.16 Å². The van der Waals surface area contributed by atoms with E-state index in [-0.39, 0.29) is 10.0 Å². The van der Waals surface area contributed by atoms with Gasteiger partial charge in [-0.1, -0.05) is 5.16 Å². The van der Waals surface area contributed by atoms with E-state index >= 15 is 0 Å². The average molecular weight is 310 g/mol. The number of nitriles is 1. The number of halogens is 2. The topological polar surface area (TPSA) is 61.9 Å². The zero-order chi connectivity index (χ0) is 13.1. The minimum Gasteiger partial charge on any atom is -0.375 e. The summed E-state index contributed by atoms with van der Waals surface area (Å²) >= 11 is 3.05. The van der Waals surface area contributed by atoms with Gasteiger partial charge in [-0.2, -0.15) is 5.26 Å². The highest BCUT2D eigenvalue weighted by Crippen LogP contribution is 2.26. The quantitative estimate of drug-likeness (QED) is 0.944. The van der Waals surface area contributed by atoms with Crippen molar-refractivity contribution in [3.05, 3.63) is 45.5 Å². The smallest absolute Gasteiger partial charge is 0.161 e. The van der Waals surface area contributed by atoms with Gasteiger partial charge < -0.3 is 9.84 Å². The Balaban J connectivity index is 2.15. The average Bonchev–Trinajstić information content (AvgIpc) is 2.77. The normalized spacial score (nSPS) is 10.1. The fourth-order valence-electron chi connectivity index (χ4n) is 1.45. The molecule has 0 radical (unpaired) electrons. The van der Waals surface area contributed by atoms with Crippen molar-refractivity contribution >= 4 is 21.6 Å². The minimum atomic E-state index is -0.495. The predicted octanol–water partition coefficient (Wildman–Crippen LogP) is 3.37. The lowest BCUT2D eigenvalue weighted by Gasteiger charge is -2.07. The minimum absolute atomic E-state index is 0.156. The molecule has 4 nitrogen and oxygen atoms in total. The number of hydrogen-bond acceptors (Lipinski definition) is 4. The van der Waals surface area contributed by atoms with Gasteiger partial charge >= 0.3 is 0 Å². The van der Waals surface area contributed by atoms with Gasteiger partial charge in [0, 0.05) is 6.07 Å². The molecule has 0 aliphatic carbocycles. The van der Waals surface area contributed by atoms with Gasteiger partial charge in [0.1, 0.15) is 6.07 Å². The van der Waals surface area contributed by atoms with E-state index in [1.54, 1.807) is 12.1 Å². The van der Waals surface area contributed by atoms with E-state index in [0.29, 0.717) is 18.0 Å². The van der Waals surface area contributed by atoms with Crippen molar-refractivity contribution in [1.29, 1.82) is 5.26 Å². The van der Waals surface area contributed by atoms with E-state index in [1.165, 1.54) is 6.07 Å². The van der Waals surface area contributed by atoms with Gasteiger partial charge in [0.2, 0.25) is 0 Å².